The van der Waals surface area contributed by atoms with Gasteiger partial charge in [-0.15, -0.1) is 0 Å². The number of carbonyl (C=O) groups excluding carboxylic acids is 2. The number of hydrogen-bond donors (Lipinski definition) is 2. The summed E-state index contributed by atoms with van der Waals surface area (Å²) in [5, 5.41) is 18.7. The Labute approximate surface area is 159 Å². The quantitative estimate of drug-likeness (QED) is 0.748. The van der Waals surface area contributed by atoms with Gasteiger partial charge in [-0.1, -0.05) is 0 Å². The molecule has 0 bridgehead atoms. The average Bonchev–Trinajstić information content (AvgIpc) is 2.68. The molecule has 0 spiro atoms. The van der Waals surface area contributed by atoms with Gasteiger partial charge >= 0.3 is 0 Å². The highest BCUT2D eigenvalue weighted by Gasteiger charge is 2.17. The fourth-order valence-electron chi connectivity index (χ4n) is 2.83. The highest BCUT2D eigenvalue weighted by molar-refractivity contribution is 5.95. The van der Waals surface area contributed by atoms with E-state index in [9.17, 15) is 19.8 Å². The van der Waals surface area contributed by atoms with Gasteiger partial charge in [0.15, 0.2) is 0 Å². The second-order valence-corrected chi connectivity index (χ2v) is 6.22. The summed E-state index contributed by atoms with van der Waals surface area (Å²) in [4.78, 5) is 28.6. The zero-order chi connectivity index (χ0) is 19.8. The summed E-state index contributed by atoms with van der Waals surface area (Å²) in [5.74, 6) is 0.0673. The van der Waals surface area contributed by atoms with E-state index in [1.165, 1.54) is 24.3 Å². The second-order valence-electron chi connectivity index (χ2n) is 6.22. The van der Waals surface area contributed by atoms with E-state index >= 15 is 0 Å². The zero-order valence-electron chi connectivity index (χ0n) is 15.8. The summed E-state index contributed by atoms with van der Waals surface area (Å²) in [7, 11) is 0. The first-order valence-electron chi connectivity index (χ1n) is 9.12. The molecule has 0 unspecified atom stereocenters. The average molecular weight is 370 g/mol. The van der Waals surface area contributed by atoms with Crippen molar-refractivity contribution in [2.24, 2.45) is 0 Å². The third-order valence-corrected chi connectivity index (χ3v) is 4.42. The lowest BCUT2D eigenvalue weighted by Crippen LogP contribution is -2.36. The van der Waals surface area contributed by atoms with Gasteiger partial charge in [-0.3, -0.25) is 9.59 Å². The Balaban J connectivity index is 1.93. The maximum atomic E-state index is 12.6. The number of amides is 2. The lowest BCUT2D eigenvalue weighted by atomic mass is 10.1. The van der Waals surface area contributed by atoms with Crippen molar-refractivity contribution in [3.05, 3.63) is 59.7 Å². The fourth-order valence-corrected chi connectivity index (χ4v) is 2.83. The van der Waals surface area contributed by atoms with Gasteiger partial charge in [-0.05, 0) is 68.8 Å². The van der Waals surface area contributed by atoms with Crippen molar-refractivity contribution in [2.75, 3.05) is 26.2 Å². The van der Waals surface area contributed by atoms with E-state index in [4.69, 9.17) is 0 Å². The third-order valence-electron chi connectivity index (χ3n) is 4.42. The van der Waals surface area contributed by atoms with Gasteiger partial charge in [-0.25, -0.2) is 0 Å². The predicted molar refractivity (Wildman–Crippen MR) is 104 cm³/mol. The molecule has 0 saturated carbocycles. The molecule has 0 atom stereocenters. The highest BCUT2D eigenvalue weighted by atomic mass is 16.3. The van der Waals surface area contributed by atoms with E-state index in [1.54, 1.807) is 34.1 Å². The minimum absolute atomic E-state index is 0.0922. The van der Waals surface area contributed by atoms with Crippen molar-refractivity contribution in [3.63, 3.8) is 0 Å². The first-order valence-corrected chi connectivity index (χ1v) is 9.12. The molecule has 0 aromatic heterocycles. The van der Waals surface area contributed by atoms with Crippen LogP contribution < -0.4 is 0 Å². The number of nitrogens with zero attached hydrogens (tertiary/aromatic N) is 2. The van der Waals surface area contributed by atoms with Crippen molar-refractivity contribution in [1.29, 1.82) is 0 Å². The molecule has 0 aliphatic rings. The van der Waals surface area contributed by atoms with Gasteiger partial charge < -0.3 is 20.0 Å². The minimum atomic E-state index is -0.0922. The van der Waals surface area contributed by atoms with Crippen molar-refractivity contribution >= 4 is 11.8 Å². The second kappa shape index (κ2) is 9.62. The maximum Gasteiger partial charge on any atom is 0.253 e. The topological polar surface area (TPSA) is 81.1 Å². The van der Waals surface area contributed by atoms with E-state index in [-0.39, 0.29) is 23.3 Å². The molecule has 0 heterocycles. The Hall–Kier alpha value is -3.02. The van der Waals surface area contributed by atoms with Gasteiger partial charge in [0.2, 0.25) is 0 Å². The summed E-state index contributed by atoms with van der Waals surface area (Å²) >= 11 is 0. The Bertz CT molecular complexity index is 691. The Morgan fingerprint density at radius 2 is 1.04 bits per heavy atom. The van der Waals surface area contributed by atoms with Crippen LogP contribution >= 0.6 is 0 Å². The number of aromatic hydroxyl groups is 2. The number of phenolic OH excluding ortho intramolecular Hbond substituents is 2. The van der Waals surface area contributed by atoms with Crippen LogP contribution in [0.15, 0.2) is 48.5 Å². The van der Waals surface area contributed by atoms with Crippen LogP contribution in [0.25, 0.3) is 0 Å². The largest absolute Gasteiger partial charge is 0.508 e. The molecule has 2 aromatic rings. The molecule has 0 fully saturated rings. The summed E-state index contributed by atoms with van der Waals surface area (Å²) < 4.78 is 0. The zero-order valence-corrected chi connectivity index (χ0v) is 15.8. The molecule has 27 heavy (non-hydrogen) atoms. The van der Waals surface area contributed by atoms with Crippen LogP contribution in [0.2, 0.25) is 0 Å². The van der Waals surface area contributed by atoms with Gasteiger partial charge in [0.05, 0.1) is 0 Å². The molecule has 0 aliphatic carbocycles. The van der Waals surface area contributed by atoms with E-state index in [0.717, 1.165) is 0 Å². The molecule has 2 amide bonds. The fraction of sp³-hybridized carbons (Fsp3) is 0.333. The Kier molecular flexibility index (Phi) is 7.23. The normalized spacial score (nSPS) is 10.4. The van der Waals surface area contributed by atoms with Crippen molar-refractivity contribution in [3.8, 4) is 11.5 Å². The van der Waals surface area contributed by atoms with Crippen LogP contribution in [0.3, 0.4) is 0 Å². The SMILES string of the molecule is CCN(CCCN(CC)C(=O)c1ccc(O)cc1)C(=O)c1ccc(O)cc1. The molecule has 6 heteroatoms. The first kappa shape index (κ1) is 20.3. The Morgan fingerprint density at radius 3 is 1.33 bits per heavy atom. The van der Waals surface area contributed by atoms with Crippen molar-refractivity contribution < 1.29 is 19.8 Å². The maximum absolute atomic E-state index is 12.6. The lowest BCUT2D eigenvalue weighted by molar-refractivity contribution is 0.0727. The van der Waals surface area contributed by atoms with Crippen LogP contribution in [0.1, 0.15) is 41.0 Å². The monoisotopic (exact) mass is 370 g/mol. The van der Waals surface area contributed by atoms with Crippen LogP contribution in [0.5, 0.6) is 11.5 Å². The lowest BCUT2D eigenvalue weighted by Gasteiger charge is -2.25. The van der Waals surface area contributed by atoms with Crippen LogP contribution in [-0.2, 0) is 0 Å². The van der Waals surface area contributed by atoms with Gasteiger partial charge in [0.25, 0.3) is 11.8 Å². The number of rotatable bonds is 8. The summed E-state index contributed by atoms with van der Waals surface area (Å²) in [6.45, 7) is 6.04. The first-order chi connectivity index (χ1) is 13.0. The van der Waals surface area contributed by atoms with Crippen LogP contribution in [0, 0.1) is 0 Å². The molecule has 2 rings (SSSR count). The smallest absolute Gasteiger partial charge is 0.253 e. The van der Waals surface area contributed by atoms with Crippen LogP contribution in [-0.4, -0.2) is 58.0 Å². The Morgan fingerprint density at radius 1 is 0.704 bits per heavy atom. The molecular formula is C21H26N2O4. The third kappa shape index (κ3) is 5.48. The van der Waals surface area contributed by atoms with E-state index < -0.39 is 0 Å². The molecule has 2 N–H and O–H groups in total. The summed E-state index contributed by atoms with van der Waals surface area (Å²) in [6, 6.07) is 12.4. The van der Waals surface area contributed by atoms with Crippen molar-refractivity contribution in [1.82, 2.24) is 9.80 Å². The van der Waals surface area contributed by atoms with Gasteiger partial charge in [0, 0.05) is 37.3 Å². The van der Waals surface area contributed by atoms with Crippen LogP contribution in [0.4, 0.5) is 0 Å². The van der Waals surface area contributed by atoms with Crippen molar-refractivity contribution in [2.45, 2.75) is 20.3 Å². The molecule has 0 aliphatic heterocycles. The van der Waals surface area contributed by atoms with E-state index in [1.807, 2.05) is 13.8 Å². The number of phenols is 2. The van der Waals surface area contributed by atoms with Gasteiger partial charge in [-0.2, -0.15) is 0 Å². The molecule has 6 nitrogen and oxygen atoms in total. The number of carbonyl (C=O) groups is 2. The summed E-state index contributed by atoms with van der Waals surface area (Å²) in [6.07, 6.45) is 0.662. The molecule has 2 aromatic carbocycles. The van der Waals surface area contributed by atoms with Gasteiger partial charge in [0.1, 0.15) is 11.5 Å². The molecule has 144 valence electrons. The predicted octanol–water partition coefficient (Wildman–Crippen LogP) is 3.11. The number of hydrogen-bond acceptors (Lipinski definition) is 4. The summed E-state index contributed by atoms with van der Waals surface area (Å²) in [5.41, 5.74) is 1.06. The molecule has 0 radical (unpaired) electrons. The van der Waals surface area contributed by atoms with E-state index in [2.05, 4.69) is 0 Å². The molecular weight excluding hydrogens is 344 g/mol. The highest BCUT2D eigenvalue weighted by Crippen LogP contribution is 2.14. The standard InChI is InChI=1S/C21H26N2O4/c1-3-22(20(26)16-6-10-18(24)11-7-16)14-5-15-23(4-2)21(27)17-8-12-19(25)13-9-17/h6-13,24-25H,3-5,14-15H2,1-2H3. The molecule has 0 saturated heterocycles. The minimum Gasteiger partial charge on any atom is -0.508 e. The van der Waals surface area contributed by atoms with E-state index in [0.29, 0.717) is 43.7 Å². The number of benzene rings is 2.